The zero-order valence-electron chi connectivity index (χ0n) is 33.1. The van der Waals surface area contributed by atoms with Gasteiger partial charge in [0.1, 0.15) is 41.5 Å². The monoisotopic (exact) mass is 852 g/mol. The van der Waals surface area contributed by atoms with Crippen LogP contribution in [-0.4, -0.2) is 86.4 Å². The highest BCUT2D eigenvalue weighted by molar-refractivity contribution is 8.76. The van der Waals surface area contributed by atoms with Gasteiger partial charge in [-0.2, -0.15) is 0 Å². The van der Waals surface area contributed by atoms with Crippen molar-refractivity contribution >= 4 is 44.1 Å². The van der Waals surface area contributed by atoms with Gasteiger partial charge in [0.25, 0.3) is 0 Å². The smallest absolute Gasteiger partial charge is 0.335 e. The fourth-order valence-corrected chi connectivity index (χ4v) is 10.6. The number of aliphatic carboxylic acids is 1. The molecule has 6 N–H and O–H groups in total. The lowest BCUT2D eigenvalue weighted by atomic mass is 9.77. The third-order valence-corrected chi connectivity index (χ3v) is 14.0. The molecule has 0 saturated carbocycles. The number of benzene rings is 3. The van der Waals surface area contributed by atoms with Gasteiger partial charge in [0, 0.05) is 30.8 Å². The molecule has 5 aromatic rings. The lowest BCUT2D eigenvalue weighted by Gasteiger charge is -2.48. The number of aliphatic hydroxyl groups is 2. The van der Waals surface area contributed by atoms with Gasteiger partial charge < -0.3 is 49.4 Å². The first-order valence-corrected chi connectivity index (χ1v) is 22.5. The number of H-pyrrole nitrogens is 1. The van der Waals surface area contributed by atoms with Crippen LogP contribution in [-0.2, 0) is 14.3 Å². The number of aromatic nitrogens is 1. The van der Waals surface area contributed by atoms with Crippen molar-refractivity contribution in [3.8, 4) is 22.6 Å². The number of aliphatic hydroxyl groups excluding tert-OH is 1. The Labute approximate surface area is 355 Å². The Balaban J connectivity index is 1.08. The van der Waals surface area contributed by atoms with Crippen molar-refractivity contribution in [3.63, 3.8) is 0 Å². The lowest BCUT2D eigenvalue weighted by molar-refractivity contribution is -0.316. The lowest BCUT2D eigenvalue weighted by Crippen LogP contribution is -2.72. The minimum absolute atomic E-state index is 0.0363. The predicted molar refractivity (Wildman–Crippen MR) is 233 cm³/mol. The molecule has 60 heavy (non-hydrogen) atoms. The number of fused-ring (bicyclic) bond motifs is 3. The molecule has 314 valence electrons. The van der Waals surface area contributed by atoms with Crippen molar-refractivity contribution in [1.82, 2.24) is 10.3 Å². The summed E-state index contributed by atoms with van der Waals surface area (Å²) in [4.78, 5) is 29.2. The van der Waals surface area contributed by atoms with Gasteiger partial charge in [-0.05, 0) is 94.8 Å². The normalized spacial score (nSPS) is 28.5. The molecule has 0 amide bonds. The van der Waals surface area contributed by atoms with Crippen LogP contribution in [0.4, 0.5) is 0 Å². The van der Waals surface area contributed by atoms with E-state index in [1.54, 1.807) is 22.9 Å². The highest BCUT2D eigenvalue weighted by Crippen LogP contribution is 2.42. The summed E-state index contributed by atoms with van der Waals surface area (Å²) in [6.45, 7) is 4.73. The van der Waals surface area contributed by atoms with Crippen LogP contribution in [0.25, 0.3) is 27.7 Å². The first kappa shape index (κ1) is 41.9. The third kappa shape index (κ3) is 8.55. The maximum absolute atomic E-state index is 13.5. The van der Waals surface area contributed by atoms with Crippen molar-refractivity contribution in [1.29, 1.82) is 0 Å². The molecule has 4 heterocycles. The van der Waals surface area contributed by atoms with Gasteiger partial charge in [0.2, 0.25) is 6.29 Å². The zero-order chi connectivity index (χ0) is 42.0. The van der Waals surface area contributed by atoms with Gasteiger partial charge in [0.05, 0.1) is 10.9 Å². The van der Waals surface area contributed by atoms with Crippen LogP contribution in [0, 0.1) is 11.8 Å². The number of aromatic hydroxyl groups is 1. The minimum Gasteiger partial charge on any atom is -0.508 e. The SMILES string of the molecule is C[C@H](C/C=C1\C=C[C@H](C)c2ccccc21)[C@H]1CNC[C@]2(O)[C@H](Oc3ccc4c(=O)c(-c5ccc(O)cc5)coc4c3)O[C@H](C(=O)O)[C@@H](O)[C@@H]2OCSSC[C@H]1c1cc[nH]c1. The molecule has 8 rings (SSSR count). The summed E-state index contributed by atoms with van der Waals surface area (Å²) >= 11 is 0. The van der Waals surface area contributed by atoms with E-state index >= 15 is 0 Å². The van der Waals surface area contributed by atoms with Gasteiger partial charge in [0.15, 0.2) is 17.1 Å². The molecule has 9 atom stereocenters. The van der Waals surface area contributed by atoms with Crippen LogP contribution < -0.4 is 15.5 Å². The number of phenolic OH excluding ortho intramolecular Hbond substituents is 1. The molecule has 2 saturated heterocycles. The van der Waals surface area contributed by atoms with E-state index in [0.29, 0.717) is 23.6 Å². The van der Waals surface area contributed by atoms with Crippen LogP contribution in [0.2, 0.25) is 0 Å². The van der Waals surface area contributed by atoms with Crippen molar-refractivity contribution in [3.05, 3.63) is 137 Å². The maximum atomic E-state index is 13.5. The van der Waals surface area contributed by atoms with Crippen molar-refractivity contribution < 1.29 is 43.8 Å². The summed E-state index contributed by atoms with van der Waals surface area (Å²) in [5, 5.41) is 47.6. The Hall–Kier alpha value is -4.80. The molecule has 1 aliphatic carbocycles. The topological polar surface area (TPSA) is 184 Å². The molecule has 0 radical (unpaired) electrons. The molecule has 3 aliphatic rings. The van der Waals surface area contributed by atoms with E-state index in [1.807, 2.05) is 12.4 Å². The van der Waals surface area contributed by atoms with Crippen LogP contribution in [0.3, 0.4) is 0 Å². The van der Waals surface area contributed by atoms with E-state index in [0.717, 1.165) is 12.2 Å². The Kier molecular flexibility index (Phi) is 12.6. The highest BCUT2D eigenvalue weighted by atomic mass is 33.1. The number of β-amino-alcohol motifs (C(OH)–C–C–N with tert-alkyl or cyclic N) is 1. The Morgan fingerprint density at radius 1 is 1.08 bits per heavy atom. The number of hydrogen-bond acceptors (Lipinski definition) is 12. The van der Waals surface area contributed by atoms with Gasteiger partial charge in [-0.25, -0.2) is 4.79 Å². The summed E-state index contributed by atoms with van der Waals surface area (Å²) < 4.78 is 24.2. The Bertz CT molecular complexity index is 2420. The number of carbonyl (C=O) groups is 1. The predicted octanol–water partition coefficient (Wildman–Crippen LogP) is 7.28. The number of allylic oxidation sites excluding steroid dienone is 4. The molecular formula is C46H48N2O10S2. The van der Waals surface area contributed by atoms with Gasteiger partial charge >= 0.3 is 5.97 Å². The molecular weight excluding hydrogens is 805 g/mol. The molecule has 2 aromatic heterocycles. The van der Waals surface area contributed by atoms with Crippen molar-refractivity contribution in [2.45, 2.75) is 62.3 Å². The summed E-state index contributed by atoms with van der Waals surface area (Å²) in [7, 11) is 3.04. The molecule has 0 bridgehead atoms. The molecule has 3 aromatic carbocycles. The second-order valence-corrected chi connectivity index (χ2v) is 18.2. The second kappa shape index (κ2) is 18.0. The van der Waals surface area contributed by atoms with E-state index in [9.17, 15) is 30.0 Å². The van der Waals surface area contributed by atoms with E-state index < -0.39 is 36.2 Å². The fourth-order valence-electron chi connectivity index (χ4n) is 8.56. The number of phenols is 1. The summed E-state index contributed by atoms with van der Waals surface area (Å²) in [6, 6.07) is 21.3. The van der Waals surface area contributed by atoms with E-state index in [2.05, 4.69) is 72.7 Å². The molecule has 0 unspecified atom stereocenters. The maximum Gasteiger partial charge on any atom is 0.335 e. The summed E-state index contributed by atoms with van der Waals surface area (Å²) in [5.74, 6) is 0.246. The Morgan fingerprint density at radius 2 is 1.90 bits per heavy atom. The average molecular weight is 853 g/mol. The standard InChI is InChI=1S/C46H48N2O10S2/c1-26-7-9-28(34-6-4-3-5-33(26)34)10-8-27(2)36-21-48-24-46(54)43(56-25-60-59-23-38(36)30-17-18-47-20-30)41(51)42(44(52)53)58-45(46)57-32-15-16-35-39(19-32)55-22-37(40(35)50)29-11-13-31(49)14-12-29/h3-7,9-20,22,26-27,36,38,41-43,45,47-49,51,54H,8,21,23-25H2,1-2H3,(H,52,53)/b28-10+/t26-,27+,36+,38-,41+,42-,43-,45+,46+/m0/s1. The van der Waals surface area contributed by atoms with Crippen LogP contribution in [0.5, 0.6) is 11.5 Å². The Morgan fingerprint density at radius 3 is 2.68 bits per heavy atom. The van der Waals surface area contributed by atoms with Crippen molar-refractivity contribution in [2.75, 3.05) is 24.8 Å². The average Bonchev–Trinajstić information content (AvgIpc) is 3.78. The molecule has 12 nitrogen and oxygen atoms in total. The second-order valence-electron chi connectivity index (χ2n) is 15.8. The van der Waals surface area contributed by atoms with E-state index in [1.165, 1.54) is 69.7 Å². The van der Waals surface area contributed by atoms with Gasteiger partial charge in [-0.1, -0.05) is 90.1 Å². The number of carboxylic acid groups (broad SMARTS) is 1. The number of nitrogens with one attached hydrogen (secondary N) is 2. The summed E-state index contributed by atoms with van der Waals surface area (Å²) in [6.07, 6.45) is 6.26. The number of aromatic amines is 1. The zero-order valence-corrected chi connectivity index (χ0v) is 34.7. The van der Waals surface area contributed by atoms with Crippen LogP contribution in [0.1, 0.15) is 48.8 Å². The van der Waals surface area contributed by atoms with Crippen molar-refractivity contribution in [2.24, 2.45) is 11.8 Å². The number of ether oxygens (including phenoxy) is 3. The number of hydrogen-bond donors (Lipinski definition) is 6. The first-order valence-electron chi connectivity index (χ1n) is 20.0. The van der Waals surface area contributed by atoms with Gasteiger partial charge in [-0.3, -0.25) is 4.79 Å². The van der Waals surface area contributed by atoms with Gasteiger partial charge in [-0.15, -0.1) is 0 Å². The number of rotatable bonds is 8. The number of carboxylic acids is 1. The van der Waals surface area contributed by atoms with Crippen LogP contribution in [0.15, 0.2) is 119 Å². The quantitative estimate of drug-likeness (QED) is 0.0858. The fraction of sp³-hybridized carbons (Fsp3) is 0.348. The molecule has 2 aliphatic heterocycles. The molecule has 0 spiro atoms. The van der Waals surface area contributed by atoms with E-state index in [-0.39, 0.29) is 58.1 Å². The third-order valence-electron chi connectivity index (χ3n) is 12.0. The molecule has 14 heteroatoms. The summed E-state index contributed by atoms with van der Waals surface area (Å²) in [5.41, 5.74) is 3.55. The van der Waals surface area contributed by atoms with E-state index in [4.69, 9.17) is 18.6 Å². The molecule has 2 fully saturated rings. The largest absolute Gasteiger partial charge is 0.508 e. The van der Waals surface area contributed by atoms with Crippen LogP contribution >= 0.6 is 21.6 Å². The highest BCUT2D eigenvalue weighted by Gasteiger charge is 2.59. The minimum atomic E-state index is -2.10. The first-order chi connectivity index (χ1) is 29.0.